The number of piperidine rings is 1. The summed E-state index contributed by atoms with van der Waals surface area (Å²) in [6, 6.07) is 3.52. The first-order valence-corrected chi connectivity index (χ1v) is 9.39. The summed E-state index contributed by atoms with van der Waals surface area (Å²) >= 11 is 0. The number of hydrogen-bond acceptors (Lipinski definition) is 5. The number of aromatic nitrogens is 4. The highest BCUT2D eigenvalue weighted by Crippen LogP contribution is 2.29. The lowest BCUT2D eigenvalue weighted by atomic mass is 9.90. The van der Waals surface area contributed by atoms with Crippen LogP contribution in [-0.2, 0) is 17.8 Å². The molecule has 1 amide bonds. The Morgan fingerprint density at radius 3 is 2.60 bits per heavy atom. The number of benzene rings is 1. The summed E-state index contributed by atoms with van der Waals surface area (Å²) in [6.45, 7) is 0.224. The minimum absolute atomic E-state index is 0.101. The van der Waals surface area contributed by atoms with Gasteiger partial charge in [-0.05, 0) is 37.0 Å². The molecule has 1 aliphatic rings. The lowest BCUT2D eigenvalue weighted by Gasteiger charge is -2.30. The van der Waals surface area contributed by atoms with E-state index in [9.17, 15) is 23.1 Å². The SMILES string of the molecule is O=C1C(Cc2cc(F)c(F)c(F)c2)CCCN1c1cc(-c2cnncc2CO)[nH]n1. The minimum atomic E-state index is -1.52. The maximum atomic E-state index is 13.5. The van der Waals surface area contributed by atoms with Crippen LogP contribution in [0.25, 0.3) is 11.3 Å². The van der Waals surface area contributed by atoms with Gasteiger partial charge in [0, 0.05) is 29.7 Å². The molecule has 7 nitrogen and oxygen atoms in total. The van der Waals surface area contributed by atoms with Crippen LogP contribution in [0.5, 0.6) is 0 Å². The van der Waals surface area contributed by atoms with Gasteiger partial charge in [0.1, 0.15) is 0 Å². The Balaban J connectivity index is 1.55. The predicted molar refractivity (Wildman–Crippen MR) is 101 cm³/mol. The van der Waals surface area contributed by atoms with E-state index >= 15 is 0 Å². The molecule has 0 radical (unpaired) electrons. The second-order valence-corrected chi connectivity index (χ2v) is 7.13. The van der Waals surface area contributed by atoms with E-state index in [0.29, 0.717) is 42.0 Å². The molecule has 1 aromatic carbocycles. The molecule has 1 saturated heterocycles. The van der Waals surface area contributed by atoms with Crippen LogP contribution >= 0.6 is 0 Å². The fourth-order valence-electron chi connectivity index (χ4n) is 3.68. The number of H-pyrrole nitrogens is 1. The average molecular weight is 417 g/mol. The third-order valence-corrected chi connectivity index (χ3v) is 5.19. The van der Waals surface area contributed by atoms with Crippen molar-refractivity contribution in [1.29, 1.82) is 0 Å². The standard InChI is InChI=1S/C20H18F3N5O2/c21-15-5-11(6-16(22)19(15)23)4-12-2-1-3-28(20(12)30)18-7-17(26-27-18)14-9-25-24-8-13(14)10-29/h5-9,12,29H,1-4,10H2,(H,26,27). The summed E-state index contributed by atoms with van der Waals surface area (Å²) in [4.78, 5) is 14.5. The quantitative estimate of drug-likeness (QED) is 0.623. The molecule has 3 heterocycles. The van der Waals surface area contributed by atoms with Gasteiger partial charge in [0.25, 0.3) is 0 Å². The van der Waals surface area contributed by atoms with Crippen LogP contribution in [0.3, 0.4) is 0 Å². The van der Waals surface area contributed by atoms with Crippen molar-refractivity contribution in [2.75, 3.05) is 11.4 Å². The van der Waals surface area contributed by atoms with Gasteiger partial charge in [0.2, 0.25) is 5.91 Å². The largest absolute Gasteiger partial charge is 0.392 e. The Kier molecular flexibility index (Phi) is 5.49. The fourth-order valence-corrected chi connectivity index (χ4v) is 3.68. The second kappa shape index (κ2) is 8.23. The summed E-state index contributed by atoms with van der Waals surface area (Å²) in [7, 11) is 0. The molecule has 1 unspecified atom stereocenters. The summed E-state index contributed by atoms with van der Waals surface area (Å²) < 4.78 is 40.2. The van der Waals surface area contributed by atoms with Crippen LogP contribution in [0, 0.1) is 23.4 Å². The zero-order chi connectivity index (χ0) is 21.3. The van der Waals surface area contributed by atoms with Gasteiger partial charge in [0.15, 0.2) is 23.3 Å². The van der Waals surface area contributed by atoms with Crippen molar-refractivity contribution in [2.24, 2.45) is 5.92 Å². The highest BCUT2D eigenvalue weighted by atomic mass is 19.2. The normalized spacial score (nSPS) is 16.9. The van der Waals surface area contributed by atoms with Gasteiger partial charge in [-0.2, -0.15) is 15.3 Å². The Morgan fingerprint density at radius 1 is 1.13 bits per heavy atom. The number of hydrogen-bond donors (Lipinski definition) is 2. The molecule has 1 fully saturated rings. The van der Waals surface area contributed by atoms with E-state index in [2.05, 4.69) is 20.4 Å². The Morgan fingerprint density at radius 2 is 1.87 bits per heavy atom. The Bertz CT molecular complexity index is 1060. The van der Waals surface area contributed by atoms with Crippen LogP contribution < -0.4 is 4.90 Å². The van der Waals surface area contributed by atoms with E-state index < -0.39 is 23.4 Å². The zero-order valence-corrected chi connectivity index (χ0v) is 15.8. The summed E-state index contributed by atoms with van der Waals surface area (Å²) in [6.07, 6.45) is 4.27. The molecule has 156 valence electrons. The number of nitrogens with zero attached hydrogens (tertiary/aromatic N) is 4. The summed E-state index contributed by atoms with van der Waals surface area (Å²) in [5, 5.41) is 24.0. The van der Waals surface area contributed by atoms with Gasteiger partial charge < -0.3 is 5.11 Å². The third-order valence-electron chi connectivity index (χ3n) is 5.19. The van der Waals surface area contributed by atoms with E-state index in [-0.39, 0.29) is 24.5 Å². The van der Waals surface area contributed by atoms with Crippen molar-refractivity contribution in [2.45, 2.75) is 25.9 Å². The highest BCUT2D eigenvalue weighted by molar-refractivity contribution is 5.95. The van der Waals surface area contributed by atoms with Crippen LogP contribution in [0.4, 0.5) is 19.0 Å². The first kappa shape index (κ1) is 20.0. The molecule has 2 N–H and O–H groups in total. The maximum Gasteiger partial charge on any atom is 0.231 e. The molecule has 30 heavy (non-hydrogen) atoms. The number of aliphatic hydroxyl groups excluding tert-OH is 1. The van der Waals surface area contributed by atoms with E-state index in [1.165, 1.54) is 17.3 Å². The van der Waals surface area contributed by atoms with E-state index in [0.717, 1.165) is 12.1 Å². The molecule has 0 bridgehead atoms. The van der Waals surface area contributed by atoms with Gasteiger partial charge in [0.05, 0.1) is 24.7 Å². The van der Waals surface area contributed by atoms with Crippen molar-refractivity contribution in [3.05, 3.63) is 59.2 Å². The number of carbonyl (C=O) groups excluding carboxylic acids is 1. The summed E-state index contributed by atoms with van der Waals surface area (Å²) in [5.41, 5.74) is 1.97. The van der Waals surface area contributed by atoms with E-state index in [1.807, 2.05) is 0 Å². The molecule has 3 aromatic rings. The molecule has 2 aromatic heterocycles. The first-order chi connectivity index (χ1) is 14.5. The molecule has 0 saturated carbocycles. The van der Waals surface area contributed by atoms with Gasteiger partial charge >= 0.3 is 0 Å². The number of rotatable bonds is 5. The molecule has 0 spiro atoms. The van der Waals surface area contributed by atoms with Gasteiger partial charge in [-0.15, -0.1) is 0 Å². The predicted octanol–water partition coefficient (Wildman–Crippen LogP) is 2.76. The summed E-state index contributed by atoms with van der Waals surface area (Å²) in [5.74, 6) is -4.39. The van der Waals surface area contributed by atoms with Gasteiger partial charge in [-0.25, -0.2) is 13.2 Å². The average Bonchev–Trinajstić information content (AvgIpc) is 3.23. The van der Waals surface area contributed by atoms with Crippen LogP contribution in [-0.4, -0.2) is 38.0 Å². The number of aromatic amines is 1. The number of halogens is 3. The van der Waals surface area contributed by atoms with E-state index in [1.54, 1.807) is 6.07 Å². The lowest BCUT2D eigenvalue weighted by Crippen LogP contribution is -2.42. The second-order valence-electron chi connectivity index (χ2n) is 7.13. The van der Waals surface area contributed by atoms with Crippen LogP contribution in [0.15, 0.2) is 30.6 Å². The van der Waals surface area contributed by atoms with Crippen molar-refractivity contribution in [1.82, 2.24) is 20.4 Å². The van der Waals surface area contributed by atoms with E-state index in [4.69, 9.17) is 0 Å². The molecule has 0 aliphatic carbocycles. The van der Waals surface area contributed by atoms with Crippen molar-refractivity contribution < 1.29 is 23.1 Å². The van der Waals surface area contributed by atoms with Gasteiger partial charge in [-0.3, -0.25) is 14.8 Å². The fraction of sp³-hybridized carbons (Fsp3) is 0.300. The topological polar surface area (TPSA) is 95.0 Å². The molecule has 10 heteroatoms. The molecule has 1 aliphatic heterocycles. The first-order valence-electron chi connectivity index (χ1n) is 9.39. The third kappa shape index (κ3) is 3.78. The van der Waals surface area contributed by atoms with Crippen molar-refractivity contribution in [3.8, 4) is 11.3 Å². The zero-order valence-electron chi connectivity index (χ0n) is 15.8. The Labute approximate surface area is 169 Å². The smallest absolute Gasteiger partial charge is 0.231 e. The molecule has 1 atom stereocenters. The number of aliphatic hydroxyl groups is 1. The van der Waals surface area contributed by atoms with Gasteiger partial charge in [-0.1, -0.05) is 0 Å². The molecule has 4 rings (SSSR count). The maximum absolute atomic E-state index is 13.5. The number of nitrogens with one attached hydrogen (secondary N) is 1. The lowest BCUT2D eigenvalue weighted by molar-refractivity contribution is -0.123. The molecular weight excluding hydrogens is 399 g/mol. The number of anilines is 1. The minimum Gasteiger partial charge on any atom is -0.392 e. The van der Waals surface area contributed by atoms with Crippen molar-refractivity contribution >= 4 is 11.7 Å². The Hall–Kier alpha value is -3.27. The van der Waals surface area contributed by atoms with Crippen LogP contribution in [0.2, 0.25) is 0 Å². The monoisotopic (exact) mass is 417 g/mol. The molecular formula is C20H18F3N5O2. The van der Waals surface area contributed by atoms with Crippen LogP contribution in [0.1, 0.15) is 24.0 Å². The van der Waals surface area contributed by atoms with Crippen molar-refractivity contribution in [3.63, 3.8) is 0 Å². The highest BCUT2D eigenvalue weighted by Gasteiger charge is 2.31. The number of carbonyl (C=O) groups is 1. The number of amides is 1.